The van der Waals surface area contributed by atoms with Crippen LogP contribution in [0.15, 0.2) is 12.3 Å². The molecule has 0 amide bonds. The lowest BCUT2D eigenvalue weighted by molar-refractivity contribution is -0.145. The number of halogens is 2. The number of nitrogens with zero attached hydrogens (tertiary/aromatic N) is 4. The summed E-state index contributed by atoms with van der Waals surface area (Å²) in [6.45, 7) is 16.2. The van der Waals surface area contributed by atoms with Crippen LogP contribution in [0.5, 0.6) is 0 Å². The van der Waals surface area contributed by atoms with E-state index in [0.29, 0.717) is 52.4 Å². The second-order valence-electron chi connectivity index (χ2n) is 12.9. The highest BCUT2D eigenvalue weighted by molar-refractivity contribution is 14.1. The summed E-state index contributed by atoms with van der Waals surface area (Å²) in [6, 6.07) is 4.24. The number of anilines is 1. The summed E-state index contributed by atoms with van der Waals surface area (Å²) in [7, 11) is -2.43. The van der Waals surface area contributed by atoms with Gasteiger partial charge in [0.25, 0.3) is 0 Å². The SMILES string of the molecule is C[Si](C)(C)CCOCN(COCC[Si](C)(C)C)c1cc(C2CCC(C(F)C(=O)O)CC2)nc2c(I)cnn12. The fourth-order valence-corrected chi connectivity index (χ4v) is 6.54. The van der Waals surface area contributed by atoms with E-state index in [1.807, 2.05) is 10.7 Å². The first kappa shape index (κ1) is 31.4. The third-order valence-electron chi connectivity index (χ3n) is 7.08. The van der Waals surface area contributed by atoms with Gasteiger partial charge in [0.05, 0.1) is 9.77 Å². The van der Waals surface area contributed by atoms with Crippen molar-refractivity contribution in [2.75, 3.05) is 31.6 Å². The van der Waals surface area contributed by atoms with Gasteiger partial charge in [-0.15, -0.1) is 0 Å². The van der Waals surface area contributed by atoms with Crippen molar-refractivity contribution in [2.45, 2.75) is 89.1 Å². The highest BCUT2D eigenvalue weighted by Crippen LogP contribution is 2.38. The van der Waals surface area contributed by atoms with Crippen molar-refractivity contribution in [1.82, 2.24) is 14.6 Å². The molecule has 0 radical (unpaired) electrons. The van der Waals surface area contributed by atoms with Crippen molar-refractivity contribution in [3.05, 3.63) is 21.5 Å². The topological polar surface area (TPSA) is 89.2 Å². The van der Waals surface area contributed by atoms with Crippen LogP contribution in [0.3, 0.4) is 0 Å². The molecule has 1 saturated carbocycles. The van der Waals surface area contributed by atoms with E-state index in [2.05, 4.69) is 77.9 Å². The van der Waals surface area contributed by atoms with Crippen molar-refractivity contribution >= 4 is 56.2 Å². The van der Waals surface area contributed by atoms with Gasteiger partial charge in [0.1, 0.15) is 19.3 Å². The quantitative estimate of drug-likeness (QED) is 0.106. The summed E-state index contributed by atoms with van der Waals surface area (Å²) in [5.74, 6) is -0.782. The Kier molecular flexibility index (Phi) is 11.2. The Hall–Kier alpha value is -1.10. The number of hydrogen-bond acceptors (Lipinski definition) is 6. The first-order valence-electron chi connectivity index (χ1n) is 13.6. The molecule has 8 nitrogen and oxygen atoms in total. The average molecular weight is 679 g/mol. The lowest BCUT2D eigenvalue weighted by atomic mass is 9.78. The molecule has 2 aromatic rings. The number of hydrogen-bond donors (Lipinski definition) is 1. The normalized spacial score (nSPS) is 19.6. The van der Waals surface area contributed by atoms with E-state index in [4.69, 9.17) is 19.6 Å². The van der Waals surface area contributed by atoms with E-state index in [9.17, 15) is 9.18 Å². The smallest absolute Gasteiger partial charge is 0.338 e. The number of rotatable bonds is 14. The Balaban J connectivity index is 1.83. The molecule has 2 aromatic heterocycles. The molecule has 1 fully saturated rings. The van der Waals surface area contributed by atoms with Crippen LogP contribution in [0, 0.1) is 9.49 Å². The lowest BCUT2D eigenvalue weighted by Gasteiger charge is -2.30. The third kappa shape index (κ3) is 9.24. The molecule has 3 rings (SSSR count). The Morgan fingerprint density at radius 3 is 2.16 bits per heavy atom. The van der Waals surface area contributed by atoms with Gasteiger partial charge < -0.3 is 19.5 Å². The molecule has 1 unspecified atom stereocenters. The first-order valence-corrected chi connectivity index (χ1v) is 22.1. The zero-order chi connectivity index (χ0) is 28.1. The summed E-state index contributed by atoms with van der Waals surface area (Å²) in [4.78, 5) is 18.2. The minimum absolute atomic E-state index is 0.143. The molecule has 2 heterocycles. The fourth-order valence-electron chi connectivity index (χ4n) is 4.56. The van der Waals surface area contributed by atoms with Crippen LogP contribution in [0.1, 0.15) is 37.3 Å². The summed E-state index contributed by atoms with van der Waals surface area (Å²) in [5.41, 5.74) is 1.72. The van der Waals surface area contributed by atoms with E-state index in [-0.39, 0.29) is 5.92 Å². The monoisotopic (exact) mass is 678 g/mol. The zero-order valence-corrected chi connectivity index (χ0v) is 27.8. The van der Waals surface area contributed by atoms with E-state index in [1.54, 1.807) is 0 Å². The minimum Gasteiger partial charge on any atom is -0.479 e. The van der Waals surface area contributed by atoms with E-state index < -0.39 is 34.2 Å². The van der Waals surface area contributed by atoms with Crippen LogP contribution < -0.4 is 4.90 Å². The van der Waals surface area contributed by atoms with Crippen molar-refractivity contribution in [3.8, 4) is 0 Å². The second kappa shape index (κ2) is 13.5. The van der Waals surface area contributed by atoms with E-state index in [0.717, 1.165) is 32.8 Å². The van der Waals surface area contributed by atoms with Gasteiger partial charge in [-0.2, -0.15) is 9.61 Å². The molecular weight excluding hydrogens is 634 g/mol. The molecule has 0 saturated heterocycles. The lowest BCUT2D eigenvalue weighted by Crippen LogP contribution is -2.33. The summed E-state index contributed by atoms with van der Waals surface area (Å²) in [6.07, 6.45) is 2.52. The molecule has 214 valence electrons. The largest absolute Gasteiger partial charge is 0.479 e. The first-order chi connectivity index (χ1) is 17.7. The van der Waals surface area contributed by atoms with Crippen LogP contribution in [0.25, 0.3) is 5.65 Å². The van der Waals surface area contributed by atoms with Gasteiger partial charge in [0.15, 0.2) is 11.8 Å². The van der Waals surface area contributed by atoms with E-state index in [1.165, 1.54) is 0 Å². The minimum atomic E-state index is -1.80. The molecule has 0 spiro atoms. The van der Waals surface area contributed by atoms with Crippen molar-refractivity contribution in [3.63, 3.8) is 0 Å². The number of alkyl halides is 1. The van der Waals surface area contributed by atoms with E-state index >= 15 is 0 Å². The average Bonchev–Trinajstić information content (AvgIpc) is 3.21. The van der Waals surface area contributed by atoms with Gasteiger partial charge in [0, 0.05) is 53.0 Å². The molecular formula is C26H44FIN4O4Si2. The molecule has 1 N–H and O–H groups in total. The van der Waals surface area contributed by atoms with Crippen LogP contribution in [-0.4, -0.2) is 74.7 Å². The summed E-state index contributed by atoms with van der Waals surface area (Å²) < 4.78 is 29.2. The maximum atomic E-state index is 14.1. The third-order valence-corrected chi connectivity index (χ3v) is 11.2. The number of carboxylic acid groups (broad SMARTS) is 1. The molecule has 1 aliphatic rings. The van der Waals surface area contributed by atoms with Crippen LogP contribution >= 0.6 is 22.6 Å². The maximum Gasteiger partial charge on any atom is 0.338 e. The van der Waals surface area contributed by atoms with Gasteiger partial charge in [-0.1, -0.05) is 39.3 Å². The van der Waals surface area contributed by atoms with Gasteiger partial charge in [-0.25, -0.2) is 14.2 Å². The van der Waals surface area contributed by atoms with Gasteiger partial charge in [-0.05, 0) is 60.4 Å². The molecule has 38 heavy (non-hydrogen) atoms. The van der Waals surface area contributed by atoms with Crippen LogP contribution in [0.4, 0.5) is 10.2 Å². The second-order valence-corrected chi connectivity index (χ2v) is 25.3. The number of fused-ring (bicyclic) bond motifs is 1. The number of aliphatic carboxylic acids is 1. The van der Waals surface area contributed by atoms with Gasteiger partial charge in [0.2, 0.25) is 0 Å². The molecule has 1 atom stereocenters. The molecule has 1 aliphatic carbocycles. The maximum absolute atomic E-state index is 14.1. The van der Waals surface area contributed by atoms with Crippen LogP contribution in [0.2, 0.25) is 51.4 Å². The standard InChI is InChI=1S/C26H44FIN4O4Si2/c1-37(2,3)13-11-35-17-31(18-36-12-14-38(4,5)6)23-15-22(30-25-21(28)16-29-32(23)25)19-7-9-20(10-8-19)24(27)26(33)34/h15-16,19-20,24H,7-14,17-18H2,1-6H3,(H,33,34). The Morgan fingerprint density at radius 1 is 1.11 bits per heavy atom. The Bertz CT molecular complexity index is 1050. The van der Waals surface area contributed by atoms with Crippen molar-refractivity contribution in [2.24, 2.45) is 5.92 Å². The summed E-state index contributed by atoms with van der Waals surface area (Å²) in [5, 5.41) is 13.7. The Labute approximate surface area is 241 Å². The molecule has 0 aliphatic heterocycles. The number of carboxylic acids is 1. The van der Waals surface area contributed by atoms with Crippen molar-refractivity contribution in [1.29, 1.82) is 0 Å². The number of ether oxygens (including phenoxy) is 2. The van der Waals surface area contributed by atoms with Crippen LogP contribution in [-0.2, 0) is 14.3 Å². The van der Waals surface area contributed by atoms with Gasteiger partial charge >= 0.3 is 5.97 Å². The summed E-state index contributed by atoms with van der Waals surface area (Å²) >= 11 is 2.25. The van der Waals surface area contributed by atoms with Gasteiger partial charge in [-0.3, -0.25) is 0 Å². The molecule has 0 bridgehead atoms. The molecule has 12 heteroatoms. The molecule has 0 aromatic carbocycles. The fraction of sp³-hybridized carbons (Fsp3) is 0.731. The van der Waals surface area contributed by atoms with Crippen molar-refractivity contribution < 1.29 is 23.8 Å². The predicted octanol–water partition coefficient (Wildman–Crippen LogP) is 6.46. The number of aromatic nitrogens is 3. The zero-order valence-electron chi connectivity index (χ0n) is 23.7. The highest BCUT2D eigenvalue weighted by atomic mass is 127. The number of carbonyl (C=O) groups is 1. The Morgan fingerprint density at radius 2 is 1.66 bits per heavy atom. The highest BCUT2D eigenvalue weighted by Gasteiger charge is 2.33. The predicted molar refractivity (Wildman–Crippen MR) is 163 cm³/mol.